The van der Waals surface area contributed by atoms with E-state index in [1.54, 1.807) is 13.2 Å². The van der Waals surface area contributed by atoms with Gasteiger partial charge in [-0.05, 0) is 75.8 Å². The Labute approximate surface area is 153 Å². The maximum absolute atomic E-state index is 9.63. The second kappa shape index (κ2) is 12.4. The summed E-state index contributed by atoms with van der Waals surface area (Å²) in [6.45, 7) is 9.07. The summed E-state index contributed by atoms with van der Waals surface area (Å²) in [4.78, 5) is 0. The van der Waals surface area contributed by atoms with Crippen LogP contribution in [-0.4, -0.2) is 24.8 Å². The number of aryl methyl sites for hydroxylation is 1. The second-order valence-corrected chi connectivity index (χ2v) is 6.33. The van der Waals surface area contributed by atoms with Crippen LogP contribution in [0.2, 0.25) is 0 Å². The van der Waals surface area contributed by atoms with Gasteiger partial charge in [0.15, 0.2) is 11.5 Å². The molecule has 0 fully saturated rings. The number of methoxy groups -OCH3 is 1. The van der Waals surface area contributed by atoms with E-state index in [9.17, 15) is 5.11 Å². The number of rotatable bonds is 12. The summed E-state index contributed by atoms with van der Waals surface area (Å²) in [6, 6.07) is 6.04. The van der Waals surface area contributed by atoms with Crippen LogP contribution in [0.3, 0.4) is 0 Å². The molecule has 3 heteroatoms. The third-order valence-electron chi connectivity index (χ3n) is 4.21. The maximum Gasteiger partial charge on any atom is 0.160 e. The largest absolute Gasteiger partial charge is 0.504 e. The summed E-state index contributed by atoms with van der Waals surface area (Å²) in [7, 11) is 1.58. The van der Waals surface area contributed by atoms with Crippen LogP contribution in [0.1, 0.15) is 45.1 Å². The first-order chi connectivity index (χ1) is 12.1. The van der Waals surface area contributed by atoms with Crippen LogP contribution in [0, 0.1) is 0 Å². The minimum Gasteiger partial charge on any atom is -0.504 e. The number of phenols is 1. The van der Waals surface area contributed by atoms with Gasteiger partial charge in [-0.25, -0.2) is 0 Å². The monoisotopic (exact) mass is 343 g/mol. The van der Waals surface area contributed by atoms with Crippen LogP contribution in [-0.2, 0) is 6.42 Å². The fourth-order valence-corrected chi connectivity index (χ4v) is 2.75. The lowest BCUT2D eigenvalue weighted by atomic mass is 10.0. The van der Waals surface area contributed by atoms with Gasteiger partial charge in [-0.2, -0.15) is 0 Å². The van der Waals surface area contributed by atoms with Crippen LogP contribution >= 0.6 is 0 Å². The number of hydrogen-bond acceptors (Lipinski definition) is 3. The zero-order valence-electron chi connectivity index (χ0n) is 15.9. The standard InChI is InChI=1S/C22H33NO2/c1-5-9-19(10-6-2)11-7-8-16-23-18(3)12-13-20-14-15-21(24)22(17-20)25-4/h5-6,9-10,14-15,17-18,23-24H,1,7-8,11-13,16H2,2-4H3/b10-6-,19-9+. The molecule has 1 atom stereocenters. The van der Waals surface area contributed by atoms with E-state index in [-0.39, 0.29) is 5.75 Å². The summed E-state index contributed by atoms with van der Waals surface area (Å²) >= 11 is 0. The summed E-state index contributed by atoms with van der Waals surface area (Å²) in [5.74, 6) is 0.739. The Morgan fingerprint density at radius 3 is 2.84 bits per heavy atom. The first-order valence-corrected chi connectivity index (χ1v) is 9.14. The van der Waals surface area contributed by atoms with Crippen LogP contribution in [0.5, 0.6) is 11.5 Å². The Morgan fingerprint density at radius 1 is 1.36 bits per heavy atom. The van der Waals surface area contributed by atoms with E-state index in [0.29, 0.717) is 11.8 Å². The van der Waals surface area contributed by atoms with Crippen molar-refractivity contribution < 1.29 is 9.84 Å². The molecular formula is C22H33NO2. The molecule has 0 radical (unpaired) electrons. The molecule has 0 heterocycles. The Morgan fingerprint density at radius 2 is 2.16 bits per heavy atom. The first-order valence-electron chi connectivity index (χ1n) is 9.14. The molecule has 0 saturated carbocycles. The minimum atomic E-state index is 0.195. The van der Waals surface area contributed by atoms with Crippen molar-refractivity contribution in [1.82, 2.24) is 5.32 Å². The van der Waals surface area contributed by atoms with Crippen LogP contribution < -0.4 is 10.1 Å². The molecule has 25 heavy (non-hydrogen) atoms. The van der Waals surface area contributed by atoms with Gasteiger partial charge in [0.05, 0.1) is 7.11 Å². The highest BCUT2D eigenvalue weighted by Crippen LogP contribution is 2.26. The van der Waals surface area contributed by atoms with E-state index in [2.05, 4.69) is 37.0 Å². The van der Waals surface area contributed by atoms with Crippen molar-refractivity contribution >= 4 is 0 Å². The van der Waals surface area contributed by atoms with Crippen molar-refractivity contribution in [2.45, 2.75) is 52.0 Å². The molecule has 0 aliphatic heterocycles. The average molecular weight is 344 g/mol. The van der Waals surface area contributed by atoms with Gasteiger partial charge in [0.1, 0.15) is 0 Å². The summed E-state index contributed by atoms with van der Waals surface area (Å²) in [5.41, 5.74) is 2.53. The Bertz CT molecular complexity index is 575. The van der Waals surface area contributed by atoms with Gasteiger partial charge in [0.2, 0.25) is 0 Å². The molecule has 0 aliphatic rings. The topological polar surface area (TPSA) is 41.5 Å². The summed E-state index contributed by atoms with van der Waals surface area (Å²) in [5, 5.41) is 13.2. The van der Waals surface area contributed by atoms with E-state index in [1.807, 2.05) is 25.1 Å². The number of aromatic hydroxyl groups is 1. The normalized spacial score (nSPS) is 13.2. The number of allylic oxidation sites excluding steroid dienone is 5. The Kier molecular flexibility index (Phi) is 10.4. The smallest absolute Gasteiger partial charge is 0.160 e. The third-order valence-corrected chi connectivity index (χ3v) is 4.21. The molecule has 0 bridgehead atoms. The van der Waals surface area contributed by atoms with Crippen molar-refractivity contribution in [1.29, 1.82) is 0 Å². The highest BCUT2D eigenvalue weighted by atomic mass is 16.5. The van der Waals surface area contributed by atoms with Crippen molar-refractivity contribution in [3.63, 3.8) is 0 Å². The molecule has 2 N–H and O–H groups in total. The van der Waals surface area contributed by atoms with Crippen LogP contribution in [0.15, 0.2) is 54.7 Å². The highest BCUT2D eigenvalue weighted by Gasteiger charge is 2.05. The molecule has 138 valence electrons. The lowest BCUT2D eigenvalue weighted by Gasteiger charge is -2.14. The number of nitrogens with one attached hydrogen (secondary N) is 1. The molecule has 0 amide bonds. The quantitative estimate of drug-likeness (QED) is 0.406. The number of benzene rings is 1. The first kappa shape index (κ1) is 21.0. The summed E-state index contributed by atoms with van der Waals surface area (Å²) < 4.78 is 5.16. The van der Waals surface area contributed by atoms with E-state index < -0.39 is 0 Å². The number of phenolic OH excluding ortho intramolecular Hbond substituents is 1. The lowest BCUT2D eigenvalue weighted by molar-refractivity contribution is 0.372. The van der Waals surface area contributed by atoms with Crippen molar-refractivity contribution in [2.24, 2.45) is 0 Å². The zero-order chi connectivity index (χ0) is 18.5. The van der Waals surface area contributed by atoms with E-state index in [4.69, 9.17) is 4.74 Å². The van der Waals surface area contributed by atoms with Gasteiger partial charge < -0.3 is 15.2 Å². The van der Waals surface area contributed by atoms with Gasteiger partial charge in [-0.3, -0.25) is 0 Å². The van der Waals surface area contributed by atoms with E-state index in [0.717, 1.165) is 25.8 Å². The molecule has 1 aromatic carbocycles. The predicted molar refractivity (Wildman–Crippen MR) is 107 cm³/mol. The van der Waals surface area contributed by atoms with Crippen molar-refractivity contribution in [3.8, 4) is 11.5 Å². The minimum absolute atomic E-state index is 0.195. The fourth-order valence-electron chi connectivity index (χ4n) is 2.75. The molecule has 1 unspecified atom stereocenters. The van der Waals surface area contributed by atoms with Gasteiger partial charge in [-0.1, -0.05) is 36.9 Å². The maximum atomic E-state index is 9.63. The third kappa shape index (κ3) is 8.59. The summed E-state index contributed by atoms with van der Waals surface area (Å²) in [6.07, 6.45) is 13.7. The second-order valence-electron chi connectivity index (χ2n) is 6.33. The molecule has 1 rings (SSSR count). The number of hydrogen-bond donors (Lipinski definition) is 2. The SMILES string of the molecule is C=C/C=C(\C=C/C)CCCCNC(C)CCc1ccc(O)c(OC)c1. The molecule has 0 aliphatic carbocycles. The molecular weight excluding hydrogens is 310 g/mol. The predicted octanol–water partition coefficient (Wildman–Crippen LogP) is 5.17. The van der Waals surface area contributed by atoms with E-state index >= 15 is 0 Å². The van der Waals surface area contributed by atoms with Gasteiger partial charge >= 0.3 is 0 Å². The van der Waals surface area contributed by atoms with Crippen molar-refractivity contribution in [3.05, 3.63) is 60.2 Å². The molecule has 0 spiro atoms. The Hall–Kier alpha value is -2.00. The van der Waals surface area contributed by atoms with Gasteiger partial charge in [0, 0.05) is 6.04 Å². The van der Waals surface area contributed by atoms with Gasteiger partial charge in [-0.15, -0.1) is 0 Å². The van der Waals surface area contributed by atoms with Crippen LogP contribution in [0.25, 0.3) is 0 Å². The number of unbranched alkanes of at least 4 members (excludes halogenated alkanes) is 1. The van der Waals surface area contributed by atoms with Crippen molar-refractivity contribution in [2.75, 3.05) is 13.7 Å². The number of ether oxygens (including phenoxy) is 1. The Balaban J connectivity index is 2.24. The molecule has 3 nitrogen and oxygen atoms in total. The average Bonchev–Trinajstić information content (AvgIpc) is 2.61. The van der Waals surface area contributed by atoms with Crippen LogP contribution in [0.4, 0.5) is 0 Å². The molecule has 0 aromatic heterocycles. The lowest BCUT2D eigenvalue weighted by Crippen LogP contribution is -2.27. The zero-order valence-corrected chi connectivity index (χ0v) is 15.9. The fraction of sp³-hybridized carbons (Fsp3) is 0.455. The van der Waals surface area contributed by atoms with Gasteiger partial charge in [0.25, 0.3) is 0 Å². The molecule has 1 aromatic rings. The molecule has 0 saturated heterocycles. The highest BCUT2D eigenvalue weighted by molar-refractivity contribution is 5.41. The van der Waals surface area contributed by atoms with E-state index in [1.165, 1.54) is 24.0 Å².